The first kappa shape index (κ1) is 11.0. The molecule has 1 aromatic rings. The van der Waals surface area contributed by atoms with Gasteiger partial charge in [0.2, 0.25) is 5.95 Å². The standard InChI is InChI=1S/C12H20N4O/c13-11-14-9-16(15-11)10-4-7-17-12(8-10)5-2-1-3-6-12/h9-10H,1-8H2,(H2,13,15). The van der Waals surface area contributed by atoms with Gasteiger partial charge in [-0.1, -0.05) is 19.3 Å². The van der Waals surface area contributed by atoms with Gasteiger partial charge in [0.15, 0.2) is 0 Å². The topological polar surface area (TPSA) is 66.0 Å². The third-order valence-corrected chi connectivity index (χ3v) is 4.13. The van der Waals surface area contributed by atoms with Crippen LogP contribution in [0.3, 0.4) is 0 Å². The van der Waals surface area contributed by atoms with Crippen LogP contribution in [0.2, 0.25) is 0 Å². The van der Waals surface area contributed by atoms with Crippen LogP contribution in [0.15, 0.2) is 6.33 Å². The Bertz CT molecular complexity index is 378. The minimum atomic E-state index is 0.113. The van der Waals surface area contributed by atoms with Crippen LogP contribution >= 0.6 is 0 Å². The molecule has 1 saturated carbocycles. The van der Waals surface area contributed by atoms with Crippen LogP contribution < -0.4 is 5.73 Å². The summed E-state index contributed by atoms with van der Waals surface area (Å²) in [5.41, 5.74) is 5.69. The number of hydrogen-bond acceptors (Lipinski definition) is 4. The molecular weight excluding hydrogens is 216 g/mol. The van der Waals surface area contributed by atoms with Gasteiger partial charge in [0, 0.05) is 6.61 Å². The summed E-state index contributed by atoms with van der Waals surface area (Å²) in [4.78, 5) is 4.01. The third-order valence-electron chi connectivity index (χ3n) is 4.13. The maximum atomic E-state index is 6.07. The molecule has 1 atom stereocenters. The fourth-order valence-electron chi connectivity index (χ4n) is 3.24. The van der Waals surface area contributed by atoms with E-state index < -0.39 is 0 Å². The maximum absolute atomic E-state index is 6.07. The van der Waals surface area contributed by atoms with Crippen LogP contribution in [0, 0.1) is 0 Å². The lowest BCUT2D eigenvalue weighted by molar-refractivity contribution is -0.115. The zero-order valence-electron chi connectivity index (χ0n) is 10.1. The normalized spacial score (nSPS) is 28.4. The van der Waals surface area contributed by atoms with Gasteiger partial charge in [-0.25, -0.2) is 9.67 Å². The SMILES string of the molecule is Nc1ncn(C2CCOC3(CCCCC3)C2)n1. The first-order valence-electron chi connectivity index (χ1n) is 6.58. The number of anilines is 1. The van der Waals surface area contributed by atoms with Crippen LogP contribution in [-0.4, -0.2) is 27.0 Å². The molecule has 3 rings (SSSR count). The van der Waals surface area contributed by atoms with E-state index in [0.29, 0.717) is 12.0 Å². The van der Waals surface area contributed by atoms with Crippen molar-refractivity contribution in [2.45, 2.75) is 56.6 Å². The number of hydrogen-bond donors (Lipinski definition) is 1. The predicted octanol–water partition coefficient (Wildman–Crippen LogP) is 1.91. The van der Waals surface area contributed by atoms with E-state index in [2.05, 4.69) is 10.1 Å². The van der Waals surface area contributed by atoms with Crippen LogP contribution in [-0.2, 0) is 4.74 Å². The van der Waals surface area contributed by atoms with Crippen LogP contribution in [0.5, 0.6) is 0 Å². The Hall–Kier alpha value is -1.10. The molecule has 17 heavy (non-hydrogen) atoms. The van der Waals surface area contributed by atoms with Gasteiger partial charge in [-0.05, 0) is 25.7 Å². The molecule has 1 aliphatic heterocycles. The highest BCUT2D eigenvalue weighted by molar-refractivity contribution is 5.10. The van der Waals surface area contributed by atoms with Gasteiger partial charge in [-0.3, -0.25) is 0 Å². The Morgan fingerprint density at radius 1 is 1.35 bits per heavy atom. The molecule has 1 saturated heterocycles. The molecule has 5 nitrogen and oxygen atoms in total. The van der Waals surface area contributed by atoms with E-state index in [1.807, 2.05) is 4.68 Å². The van der Waals surface area contributed by atoms with E-state index in [1.165, 1.54) is 32.1 Å². The maximum Gasteiger partial charge on any atom is 0.239 e. The highest BCUT2D eigenvalue weighted by atomic mass is 16.5. The van der Waals surface area contributed by atoms with E-state index in [4.69, 9.17) is 10.5 Å². The van der Waals surface area contributed by atoms with Crippen molar-refractivity contribution in [2.24, 2.45) is 0 Å². The van der Waals surface area contributed by atoms with Gasteiger partial charge in [0.25, 0.3) is 0 Å². The van der Waals surface area contributed by atoms with E-state index in [9.17, 15) is 0 Å². The number of nitrogen functional groups attached to an aromatic ring is 1. The Morgan fingerprint density at radius 3 is 2.88 bits per heavy atom. The van der Waals surface area contributed by atoms with Crippen molar-refractivity contribution in [1.82, 2.24) is 14.8 Å². The molecule has 2 aliphatic rings. The number of nitrogens with zero attached hydrogens (tertiary/aromatic N) is 3. The molecule has 1 aromatic heterocycles. The number of ether oxygens (including phenoxy) is 1. The van der Waals surface area contributed by atoms with Crippen molar-refractivity contribution in [1.29, 1.82) is 0 Å². The summed E-state index contributed by atoms with van der Waals surface area (Å²) in [5, 5.41) is 4.24. The summed E-state index contributed by atoms with van der Waals surface area (Å²) in [5.74, 6) is 0.370. The summed E-state index contributed by atoms with van der Waals surface area (Å²) in [6.45, 7) is 0.838. The monoisotopic (exact) mass is 236 g/mol. The lowest BCUT2D eigenvalue weighted by Gasteiger charge is -2.43. The fraction of sp³-hybridized carbons (Fsp3) is 0.833. The second-order valence-electron chi connectivity index (χ2n) is 5.32. The summed E-state index contributed by atoms with van der Waals surface area (Å²) in [7, 11) is 0. The van der Waals surface area contributed by atoms with E-state index in [0.717, 1.165) is 19.4 Å². The first-order chi connectivity index (χ1) is 8.27. The summed E-state index contributed by atoms with van der Waals surface area (Å²) < 4.78 is 8.00. The molecule has 2 N–H and O–H groups in total. The summed E-state index contributed by atoms with van der Waals surface area (Å²) in [6, 6.07) is 0.409. The Morgan fingerprint density at radius 2 is 2.18 bits per heavy atom. The molecule has 2 heterocycles. The number of aromatic nitrogens is 3. The van der Waals surface area contributed by atoms with Crippen molar-refractivity contribution in [3.63, 3.8) is 0 Å². The highest BCUT2D eigenvalue weighted by Gasteiger charge is 2.39. The van der Waals surface area contributed by atoms with Gasteiger partial charge in [-0.2, -0.15) is 0 Å². The second kappa shape index (κ2) is 4.29. The third kappa shape index (κ3) is 2.16. The number of nitrogens with two attached hydrogens (primary N) is 1. The predicted molar refractivity (Wildman–Crippen MR) is 64.5 cm³/mol. The van der Waals surface area contributed by atoms with Crippen LogP contribution in [0.4, 0.5) is 5.95 Å². The minimum Gasteiger partial charge on any atom is -0.375 e. The Balaban J connectivity index is 1.74. The molecular formula is C12H20N4O. The highest BCUT2D eigenvalue weighted by Crippen LogP contribution is 2.41. The van der Waals surface area contributed by atoms with E-state index in [1.54, 1.807) is 6.33 Å². The molecule has 1 spiro atoms. The lowest BCUT2D eigenvalue weighted by Crippen LogP contribution is -2.42. The molecule has 0 bridgehead atoms. The van der Waals surface area contributed by atoms with Gasteiger partial charge >= 0.3 is 0 Å². The lowest BCUT2D eigenvalue weighted by atomic mass is 9.78. The smallest absolute Gasteiger partial charge is 0.239 e. The average Bonchev–Trinajstić information content (AvgIpc) is 2.77. The zero-order chi connectivity index (χ0) is 11.7. The van der Waals surface area contributed by atoms with Gasteiger partial charge in [-0.15, -0.1) is 5.10 Å². The second-order valence-corrected chi connectivity index (χ2v) is 5.32. The Kier molecular flexibility index (Phi) is 2.78. The molecule has 2 fully saturated rings. The molecule has 0 amide bonds. The molecule has 94 valence electrons. The van der Waals surface area contributed by atoms with Gasteiger partial charge in [0.05, 0.1) is 11.6 Å². The van der Waals surface area contributed by atoms with Gasteiger partial charge < -0.3 is 10.5 Å². The molecule has 0 aromatic carbocycles. The van der Waals surface area contributed by atoms with Gasteiger partial charge in [0.1, 0.15) is 6.33 Å². The van der Waals surface area contributed by atoms with Crippen molar-refractivity contribution < 1.29 is 4.74 Å². The summed E-state index contributed by atoms with van der Waals surface area (Å²) in [6.07, 6.45) is 10.2. The van der Waals surface area contributed by atoms with Crippen molar-refractivity contribution in [2.75, 3.05) is 12.3 Å². The van der Waals surface area contributed by atoms with Crippen molar-refractivity contribution in [3.05, 3.63) is 6.33 Å². The molecule has 0 radical (unpaired) electrons. The molecule has 1 unspecified atom stereocenters. The molecule has 1 aliphatic carbocycles. The average molecular weight is 236 g/mol. The van der Waals surface area contributed by atoms with Crippen molar-refractivity contribution in [3.8, 4) is 0 Å². The first-order valence-corrected chi connectivity index (χ1v) is 6.58. The van der Waals surface area contributed by atoms with Crippen LogP contribution in [0.1, 0.15) is 51.0 Å². The fourth-order valence-corrected chi connectivity index (χ4v) is 3.24. The largest absolute Gasteiger partial charge is 0.375 e. The number of rotatable bonds is 1. The van der Waals surface area contributed by atoms with E-state index >= 15 is 0 Å². The zero-order valence-corrected chi connectivity index (χ0v) is 10.1. The van der Waals surface area contributed by atoms with E-state index in [-0.39, 0.29) is 5.60 Å². The van der Waals surface area contributed by atoms with Crippen LogP contribution in [0.25, 0.3) is 0 Å². The Labute approximate surface area is 101 Å². The minimum absolute atomic E-state index is 0.113. The quantitative estimate of drug-likeness (QED) is 0.809. The molecule has 5 heteroatoms. The van der Waals surface area contributed by atoms with Crippen molar-refractivity contribution >= 4 is 5.95 Å². The summed E-state index contributed by atoms with van der Waals surface area (Å²) >= 11 is 0.